The SMILES string of the molecule is CC(C)c1ccc(NC(=O)[C@@H]2CCCN2C(=O)[C@H](Cc2ccccc2)NC(=O)C(F)(F)F)cc1. The minimum absolute atomic E-state index is 0.122. The summed E-state index contributed by atoms with van der Waals surface area (Å²) in [5, 5.41) is 4.61. The van der Waals surface area contributed by atoms with Crippen LogP contribution in [-0.2, 0) is 20.8 Å². The number of halogens is 3. The Morgan fingerprint density at radius 1 is 1.03 bits per heavy atom. The summed E-state index contributed by atoms with van der Waals surface area (Å²) in [6, 6.07) is 13.5. The molecule has 0 saturated carbocycles. The normalized spacial score (nSPS) is 16.9. The molecule has 3 rings (SSSR count). The van der Waals surface area contributed by atoms with Crippen LogP contribution in [0.3, 0.4) is 0 Å². The van der Waals surface area contributed by atoms with Crippen molar-refractivity contribution >= 4 is 23.4 Å². The summed E-state index contributed by atoms with van der Waals surface area (Å²) in [7, 11) is 0. The lowest BCUT2D eigenvalue weighted by Gasteiger charge is -2.29. The van der Waals surface area contributed by atoms with Crippen LogP contribution in [0, 0.1) is 0 Å². The standard InChI is InChI=1S/C25H28F3N3O3/c1-16(2)18-10-12-19(13-11-18)29-22(32)21-9-6-14-31(21)23(33)20(30-24(34)25(26,27)28)15-17-7-4-3-5-8-17/h3-5,7-8,10-13,16,20-21H,6,9,14-15H2,1-2H3,(H,29,32)(H,30,34)/t20-,21-/m0/s1. The summed E-state index contributed by atoms with van der Waals surface area (Å²) in [4.78, 5) is 39.1. The monoisotopic (exact) mass is 475 g/mol. The van der Waals surface area contributed by atoms with Gasteiger partial charge in [-0.15, -0.1) is 0 Å². The zero-order valence-corrected chi connectivity index (χ0v) is 19.1. The Morgan fingerprint density at radius 3 is 2.26 bits per heavy atom. The van der Waals surface area contributed by atoms with E-state index < -0.39 is 36.0 Å². The van der Waals surface area contributed by atoms with E-state index in [-0.39, 0.29) is 13.0 Å². The van der Waals surface area contributed by atoms with Gasteiger partial charge in [-0.1, -0.05) is 56.3 Å². The van der Waals surface area contributed by atoms with Gasteiger partial charge < -0.3 is 15.5 Å². The molecule has 0 unspecified atom stereocenters. The Labute approximate surface area is 196 Å². The molecular weight excluding hydrogens is 447 g/mol. The Kier molecular flexibility index (Phi) is 7.96. The predicted molar refractivity (Wildman–Crippen MR) is 122 cm³/mol. The topological polar surface area (TPSA) is 78.5 Å². The largest absolute Gasteiger partial charge is 0.471 e. The second kappa shape index (κ2) is 10.7. The van der Waals surface area contributed by atoms with Crippen molar-refractivity contribution in [3.8, 4) is 0 Å². The van der Waals surface area contributed by atoms with E-state index in [1.54, 1.807) is 42.5 Å². The first-order valence-electron chi connectivity index (χ1n) is 11.2. The molecule has 0 aliphatic carbocycles. The summed E-state index contributed by atoms with van der Waals surface area (Å²) in [6.07, 6.45) is -4.34. The lowest BCUT2D eigenvalue weighted by molar-refractivity contribution is -0.175. The minimum Gasteiger partial charge on any atom is -0.336 e. The van der Waals surface area contributed by atoms with Crippen LogP contribution in [0.4, 0.5) is 18.9 Å². The molecule has 9 heteroatoms. The first-order valence-corrected chi connectivity index (χ1v) is 11.2. The molecule has 2 aromatic carbocycles. The Balaban J connectivity index is 1.75. The molecule has 2 N–H and O–H groups in total. The highest BCUT2D eigenvalue weighted by atomic mass is 19.4. The van der Waals surface area contributed by atoms with E-state index in [0.717, 1.165) is 5.56 Å². The molecule has 1 heterocycles. The number of benzene rings is 2. The fraction of sp³-hybridized carbons (Fsp3) is 0.400. The minimum atomic E-state index is -5.13. The molecule has 0 aromatic heterocycles. The maximum atomic E-state index is 13.3. The van der Waals surface area contributed by atoms with E-state index in [2.05, 4.69) is 19.2 Å². The van der Waals surface area contributed by atoms with E-state index in [1.165, 1.54) is 4.90 Å². The lowest BCUT2D eigenvalue weighted by atomic mass is 10.0. The number of hydrogen-bond donors (Lipinski definition) is 2. The fourth-order valence-corrected chi connectivity index (χ4v) is 3.97. The maximum Gasteiger partial charge on any atom is 0.471 e. The number of hydrogen-bond acceptors (Lipinski definition) is 3. The third kappa shape index (κ3) is 6.36. The van der Waals surface area contributed by atoms with Gasteiger partial charge >= 0.3 is 12.1 Å². The molecule has 2 aromatic rings. The highest BCUT2D eigenvalue weighted by molar-refractivity contribution is 5.99. The van der Waals surface area contributed by atoms with Crippen LogP contribution in [0.5, 0.6) is 0 Å². The van der Waals surface area contributed by atoms with E-state index in [4.69, 9.17) is 0 Å². The molecule has 0 spiro atoms. The number of amides is 3. The second-order valence-corrected chi connectivity index (χ2v) is 8.67. The summed E-state index contributed by atoms with van der Waals surface area (Å²) in [5.41, 5.74) is 2.27. The molecule has 3 amide bonds. The van der Waals surface area contributed by atoms with Crippen molar-refractivity contribution in [2.45, 2.75) is 57.3 Å². The summed E-state index contributed by atoms with van der Waals surface area (Å²) < 4.78 is 38.7. The van der Waals surface area contributed by atoms with Crippen molar-refractivity contribution in [2.75, 3.05) is 11.9 Å². The predicted octanol–water partition coefficient (Wildman–Crippen LogP) is 4.03. The molecule has 1 aliphatic rings. The van der Waals surface area contributed by atoms with Gasteiger partial charge in [0.25, 0.3) is 0 Å². The number of nitrogens with zero attached hydrogens (tertiary/aromatic N) is 1. The van der Waals surface area contributed by atoms with Gasteiger partial charge in [0.1, 0.15) is 12.1 Å². The first-order chi connectivity index (χ1) is 16.1. The van der Waals surface area contributed by atoms with Crippen LogP contribution in [0.1, 0.15) is 43.7 Å². The van der Waals surface area contributed by atoms with Crippen molar-refractivity contribution in [2.24, 2.45) is 0 Å². The smallest absolute Gasteiger partial charge is 0.336 e. The second-order valence-electron chi connectivity index (χ2n) is 8.67. The van der Waals surface area contributed by atoms with Crippen LogP contribution in [0.2, 0.25) is 0 Å². The number of nitrogens with one attached hydrogen (secondary N) is 2. The number of alkyl halides is 3. The van der Waals surface area contributed by atoms with Gasteiger partial charge in [0.2, 0.25) is 11.8 Å². The van der Waals surface area contributed by atoms with E-state index >= 15 is 0 Å². The van der Waals surface area contributed by atoms with E-state index in [0.29, 0.717) is 30.0 Å². The molecule has 1 fully saturated rings. The molecule has 34 heavy (non-hydrogen) atoms. The Hall–Kier alpha value is -3.36. The van der Waals surface area contributed by atoms with Crippen molar-refractivity contribution in [1.29, 1.82) is 0 Å². The third-order valence-electron chi connectivity index (χ3n) is 5.83. The molecular formula is C25H28F3N3O3. The summed E-state index contributed by atoms with van der Waals surface area (Å²) in [5.74, 6) is -2.98. The molecule has 182 valence electrons. The van der Waals surface area contributed by atoms with Gasteiger partial charge in [0, 0.05) is 18.7 Å². The van der Waals surface area contributed by atoms with Gasteiger partial charge in [-0.2, -0.15) is 13.2 Å². The highest BCUT2D eigenvalue weighted by Crippen LogP contribution is 2.23. The first kappa shape index (κ1) is 25.3. The van der Waals surface area contributed by atoms with Crippen molar-refractivity contribution in [3.63, 3.8) is 0 Å². The van der Waals surface area contributed by atoms with Crippen LogP contribution in [-0.4, -0.2) is 47.4 Å². The number of carbonyl (C=O) groups excluding carboxylic acids is 3. The van der Waals surface area contributed by atoms with Crippen molar-refractivity contribution in [1.82, 2.24) is 10.2 Å². The molecule has 1 aliphatic heterocycles. The van der Waals surface area contributed by atoms with Crippen molar-refractivity contribution < 1.29 is 27.6 Å². The lowest BCUT2D eigenvalue weighted by Crippen LogP contribution is -2.55. The number of rotatable bonds is 7. The number of anilines is 1. The van der Waals surface area contributed by atoms with Crippen LogP contribution < -0.4 is 10.6 Å². The van der Waals surface area contributed by atoms with Gasteiger partial charge in [0.05, 0.1) is 0 Å². The molecule has 0 bridgehead atoms. The third-order valence-corrected chi connectivity index (χ3v) is 5.83. The molecule has 6 nitrogen and oxygen atoms in total. The zero-order valence-electron chi connectivity index (χ0n) is 19.1. The van der Waals surface area contributed by atoms with Crippen molar-refractivity contribution in [3.05, 3.63) is 65.7 Å². The molecule has 2 atom stereocenters. The van der Waals surface area contributed by atoms with Crippen LogP contribution >= 0.6 is 0 Å². The zero-order chi connectivity index (χ0) is 24.9. The average Bonchev–Trinajstić information content (AvgIpc) is 3.28. The fourth-order valence-electron chi connectivity index (χ4n) is 3.97. The van der Waals surface area contributed by atoms with E-state index in [9.17, 15) is 27.6 Å². The van der Waals surface area contributed by atoms with Gasteiger partial charge in [-0.25, -0.2) is 0 Å². The van der Waals surface area contributed by atoms with Crippen LogP contribution in [0.15, 0.2) is 54.6 Å². The maximum absolute atomic E-state index is 13.3. The number of carbonyl (C=O) groups is 3. The molecule has 1 saturated heterocycles. The van der Waals surface area contributed by atoms with Gasteiger partial charge in [-0.05, 0) is 42.0 Å². The van der Waals surface area contributed by atoms with Crippen LogP contribution in [0.25, 0.3) is 0 Å². The summed E-state index contributed by atoms with van der Waals surface area (Å²) in [6.45, 7) is 4.33. The Morgan fingerprint density at radius 2 is 1.68 bits per heavy atom. The number of likely N-dealkylation sites (tertiary alicyclic amines) is 1. The highest BCUT2D eigenvalue weighted by Gasteiger charge is 2.43. The van der Waals surface area contributed by atoms with Gasteiger partial charge in [-0.3, -0.25) is 14.4 Å². The van der Waals surface area contributed by atoms with E-state index in [1.807, 2.05) is 17.4 Å². The van der Waals surface area contributed by atoms with Gasteiger partial charge in [0.15, 0.2) is 0 Å². The molecule has 0 radical (unpaired) electrons. The average molecular weight is 476 g/mol. The Bertz CT molecular complexity index is 1010. The quantitative estimate of drug-likeness (QED) is 0.635. The summed E-state index contributed by atoms with van der Waals surface area (Å²) >= 11 is 0.